The highest BCUT2D eigenvalue weighted by molar-refractivity contribution is 6.12. The molecule has 8 nitrogen and oxygen atoms in total. The highest BCUT2D eigenvalue weighted by atomic mass is 16.6. The van der Waals surface area contributed by atoms with Crippen LogP contribution in [-0.4, -0.2) is 50.8 Å². The molecule has 0 amide bonds. The van der Waals surface area contributed by atoms with Crippen LogP contribution in [0.4, 0.5) is 0 Å². The average Bonchev–Trinajstić information content (AvgIpc) is 2.81. The lowest BCUT2D eigenvalue weighted by Gasteiger charge is -2.38. The van der Waals surface area contributed by atoms with E-state index in [-0.39, 0.29) is 31.0 Å². The minimum absolute atomic E-state index is 0.0208. The van der Waals surface area contributed by atoms with Gasteiger partial charge in [0.15, 0.2) is 5.78 Å². The van der Waals surface area contributed by atoms with Crippen LogP contribution in [0, 0.1) is 11.8 Å². The number of ether oxygens (including phenoxy) is 4. The van der Waals surface area contributed by atoms with Crippen LogP contribution in [0.5, 0.6) is 5.75 Å². The molecule has 1 aromatic rings. The van der Waals surface area contributed by atoms with Gasteiger partial charge in [0.05, 0.1) is 32.0 Å². The van der Waals surface area contributed by atoms with Crippen LogP contribution in [0.3, 0.4) is 0 Å². The van der Waals surface area contributed by atoms with E-state index in [1.165, 1.54) is 7.11 Å². The van der Waals surface area contributed by atoms with Crippen LogP contribution in [0.1, 0.15) is 52.5 Å². The third kappa shape index (κ3) is 5.75. The molecule has 35 heavy (non-hydrogen) atoms. The standard InChI is InChI=1S/C27H35NO7/c1-7-33-19-10-8-18(9-11-19)23-22(27(31)35-13-12-34-15(2)3)17(5)28-20-14-16(4)21(26(30)32-6)25(29)24(20)23/h8-11,15-16,21,23,28H,7,12-14H2,1-6H3. The number of dihydropyridines is 1. The van der Waals surface area contributed by atoms with E-state index in [0.29, 0.717) is 35.6 Å². The lowest BCUT2D eigenvalue weighted by Crippen LogP contribution is -2.43. The number of esters is 2. The zero-order valence-electron chi connectivity index (χ0n) is 21.3. The zero-order valence-corrected chi connectivity index (χ0v) is 21.3. The number of nitrogens with one attached hydrogen (secondary N) is 1. The fourth-order valence-corrected chi connectivity index (χ4v) is 4.70. The van der Waals surface area contributed by atoms with Crippen molar-refractivity contribution in [2.75, 3.05) is 26.9 Å². The first-order chi connectivity index (χ1) is 16.7. The Balaban J connectivity index is 2.03. The van der Waals surface area contributed by atoms with Gasteiger partial charge in [-0.15, -0.1) is 0 Å². The van der Waals surface area contributed by atoms with Crippen LogP contribution < -0.4 is 10.1 Å². The normalized spacial score (nSPS) is 22.0. The Hall–Kier alpha value is -3.13. The molecule has 0 saturated heterocycles. The molecular formula is C27H35NO7. The van der Waals surface area contributed by atoms with Crippen molar-refractivity contribution in [3.63, 3.8) is 0 Å². The Labute approximate surface area is 206 Å². The Morgan fingerprint density at radius 2 is 1.83 bits per heavy atom. The maximum absolute atomic E-state index is 13.7. The maximum Gasteiger partial charge on any atom is 0.336 e. The van der Waals surface area contributed by atoms with E-state index in [2.05, 4.69) is 5.32 Å². The van der Waals surface area contributed by atoms with Gasteiger partial charge >= 0.3 is 11.9 Å². The molecule has 0 saturated carbocycles. The fourth-order valence-electron chi connectivity index (χ4n) is 4.70. The molecular weight excluding hydrogens is 450 g/mol. The highest BCUT2D eigenvalue weighted by Crippen LogP contribution is 2.45. The number of benzene rings is 1. The first-order valence-electron chi connectivity index (χ1n) is 12.0. The highest BCUT2D eigenvalue weighted by Gasteiger charge is 2.47. The number of ketones is 1. The summed E-state index contributed by atoms with van der Waals surface area (Å²) in [5.74, 6) is -2.61. The monoisotopic (exact) mass is 485 g/mol. The number of allylic oxidation sites excluding steroid dienone is 3. The number of methoxy groups -OCH3 is 1. The van der Waals surface area contributed by atoms with Gasteiger partial charge in [0.2, 0.25) is 0 Å². The van der Waals surface area contributed by atoms with Crippen molar-refractivity contribution in [2.24, 2.45) is 11.8 Å². The number of rotatable bonds is 9. The molecule has 1 aliphatic heterocycles. The van der Waals surface area contributed by atoms with Gasteiger partial charge in [0.1, 0.15) is 18.3 Å². The molecule has 0 spiro atoms. The molecule has 1 heterocycles. The van der Waals surface area contributed by atoms with E-state index >= 15 is 0 Å². The van der Waals surface area contributed by atoms with Gasteiger partial charge in [-0.25, -0.2) is 4.79 Å². The third-order valence-corrected chi connectivity index (χ3v) is 6.26. The Morgan fingerprint density at radius 3 is 2.43 bits per heavy atom. The van der Waals surface area contributed by atoms with Crippen LogP contribution in [0.25, 0.3) is 0 Å². The average molecular weight is 486 g/mol. The molecule has 8 heteroatoms. The van der Waals surface area contributed by atoms with Gasteiger partial charge in [-0.3, -0.25) is 9.59 Å². The van der Waals surface area contributed by atoms with E-state index in [0.717, 1.165) is 11.3 Å². The number of carbonyl (C=O) groups excluding carboxylic acids is 3. The number of hydrogen-bond donors (Lipinski definition) is 1. The summed E-state index contributed by atoms with van der Waals surface area (Å²) in [6.45, 7) is 10.2. The van der Waals surface area contributed by atoms with Gasteiger partial charge in [-0.05, 0) is 57.7 Å². The minimum Gasteiger partial charge on any atom is -0.494 e. The Bertz CT molecular complexity index is 1020. The summed E-state index contributed by atoms with van der Waals surface area (Å²) in [6.07, 6.45) is 0.503. The SMILES string of the molecule is CCOc1ccc(C2C(C(=O)OCCOC(C)C)=C(C)NC3=C2C(=O)C(C(=O)OC)C(C)C3)cc1. The molecule has 0 radical (unpaired) electrons. The number of Topliss-reactive ketones (excluding diaryl/α,β-unsaturated/α-hetero) is 1. The molecule has 2 aliphatic rings. The second kappa shape index (κ2) is 11.5. The molecule has 3 atom stereocenters. The summed E-state index contributed by atoms with van der Waals surface area (Å²) in [6, 6.07) is 7.30. The van der Waals surface area contributed by atoms with Crippen molar-refractivity contribution in [1.82, 2.24) is 5.32 Å². The zero-order chi connectivity index (χ0) is 25.7. The number of carbonyl (C=O) groups is 3. The predicted molar refractivity (Wildman–Crippen MR) is 130 cm³/mol. The molecule has 190 valence electrons. The smallest absolute Gasteiger partial charge is 0.336 e. The Kier molecular flexibility index (Phi) is 8.72. The maximum atomic E-state index is 13.7. The van der Waals surface area contributed by atoms with E-state index in [1.54, 1.807) is 6.92 Å². The van der Waals surface area contributed by atoms with Crippen molar-refractivity contribution < 1.29 is 33.3 Å². The summed E-state index contributed by atoms with van der Waals surface area (Å²) < 4.78 is 21.5. The largest absolute Gasteiger partial charge is 0.494 e. The quantitative estimate of drug-likeness (QED) is 0.321. The van der Waals surface area contributed by atoms with Crippen molar-refractivity contribution in [1.29, 1.82) is 0 Å². The first-order valence-corrected chi connectivity index (χ1v) is 12.0. The van der Waals surface area contributed by atoms with E-state index in [1.807, 2.05) is 52.0 Å². The van der Waals surface area contributed by atoms with Crippen molar-refractivity contribution in [2.45, 2.75) is 53.1 Å². The van der Waals surface area contributed by atoms with Crippen molar-refractivity contribution in [3.05, 3.63) is 52.4 Å². The summed E-state index contributed by atoms with van der Waals surface area (Å²) in [7, 11) is 1.28. The van der Waals surface area contributed by atoms with Crippen LogP contribution in [0.2, 0.25) is 0 Å². The first kappa shape index (κ1) is 26.5. The third-order valence-electron chi connectivity index (χ3n) is 6.26. The lowest BCUT2D eigenvalue weighted by atomic mass is 9.69. The van der Waals surface area contributed by atoms with E-state index < -0.39 is 23.8 Å². The van der Waals surface area contributed by atoms with Crippen molar-refractivity contribution in [3.8, 4) is 5.75 Å². The summed E-state index contributed by atoms with van der Waals surface area (Å²) >= 11 is 0. The number of hydrogen-bond acceptors (Lipinski definition) is 8. The van der Waals surface area contributed by atoms with Gasteiger partial charge in [-0.1, -0.05) is 19.1 Å². The van der Waals surface area contributed by atoms with Gasteiger partial charge < -0.3 is 24.3 Å². The van der Waals surface area contributed by atoms with Crippen molar-refractivity contribution >= 4 is 17.7 Å². The van der Waals surface area contributed by atoms with Gasteiger partial charge in [0, 0.05) is 22.9 Å². The van der Waals surface area contributed by atoms with Crippen LogP contribution in [0.15, 0.2) is 46.8 Å². The minimum atomic E-state index is -0.930. The topological polar surface area (TPSA) is 100 Å². The second-order valence-corrected chi connectivity index (χ2v) is 9.09. The van der Waals surface area contributed by atoms with Gasteiger partial charge in [-0.2, -0.15) is 0 Å². The van der Waals surface area contributed by atoms with Crippen LogP contribution in [-0.2, 0) is 28.6 Å². The van der Waals surface area contributed by atoms with E-state index in [4.69, 9.17) is 18.9 Å². The molecule has 1 N–H and O–H groups in total. The molecule has 3 unspecified atom stereocenters. The Morgan fingerprint density at radius 1 is 1.14 bits per heavy atom. The summed E-state index contributed by atoms with van der Waals surface area (Å²) in [5, 5.41) is 3.26. The van der Waals surface area contributed by atoms with E-state index in [9.17, 15) is 14.4 Å². The molecule has 0 bridgehead atoms. The van der Waals surface area contributed by atoms with Crippen LogP contribution >= 0.6 is 0 Å². The molecule has 0 aromatic heterocycles. The predicted octanol–water partition coefficient (Wildman–Crippen LogP) is 3.67. The summed E-state index contributed by atoms with van der Waals surface area (Å²) in [5.41, 5.74) is 2.81. The summed E-state index contributed by atoms with van der Waals surface area (Å²) in [4.78, 5) is 39.5. The molecule has 1 aromatic carbocycles. The fraction of sp³-hybridized carbons (Fsp3) is 0.519. The van der Waals surface area contributed by atoms with Gasteiger partial charge in [0.25, 0.3) is 0 Å². The molecule has 0 fully saturated rings. The molecule has 1 aliphatic carbocycles. The second-order valence-electron chi connectivity index (χ2n) is 9.09. The lowest BCUT2D eigenvalue weighted by molar-refractivity contribution is -0.151. The molecule has 3 rings (SSSR count).